The fourth-order valence-electron chi connectivity index (χ4n) is 2.47. The maximum Gasteiger partial charge on any atom is 0.221 e. The summed E-state index contributed by atoms with van der Waals surface area (Å²) in [6.45, 7) is 10.3. The zero-order valence-electron chi connectivity index (χ0n) is 12.0. The number of hydrogen-bond acceptors (Lipinski definition) is 4. The molecule has 5 nitrogen and oxygen atoms in total. The average molecular weight is 257 g/mol. The SMILES string of the molecule is CC(C)NC(=O)CC(CN)N1C[C@@H](C)O[C@@H](C)C1. The number of amides is 1. The molecule has 5 heteroatoms. The first-order valence-electron chi connectivity index (χ1n) is 6.81. The second-order valence-electron chi connectivity index (χ2n) is 5.53. The molecule has 0 aliphatic carbocycles. The zero-order valence-corrected chi connectivity index (χ0v) is 12.0. The molecule has 3 atom stereocenters. The number of ether oxygens (including phenoxy) is 1. The molecule has 0 aromatic rings. The lowest BCUT2D eigenvalue weighted by Crippen LogP contribution is -2.53. The van der Waals surface area contributed by atoms with Gasteiger partial charge >= 0.3 is 0 Å². The van der Waals surface area contributed by atoms with Gasteiger partial charge in [0.25, 0.3) is 0 Å². The van der Waals surface area contributed by atoms with Gasteiger partial charge in [-0.15, -0.1) is 0 Å². The first-order chi connectivity index (χ1) is 8.42. The van der Waals surface area contributed by atoms with Crippen LogP contribution >= 0.6 is 0 Å². The van der Waals surface area contributed by atoms with E-state index >= 15 is 0 Å². The van der Waals surface area contributed by atoms with Gasteiger partial charge in [-0.05, 0) is 27.7 Å². The van der Waals surface area contributed by atoms with Crippen molar-refractivity contribution in [2.24, 2.45) is 5.73 Å². The summed E-state index contributed by atoms with van der Waals surface area (Å²) in [6, 6.07) is 0.288. The maximum absolute atomic E-state index is 11.8. The smallest absolute Gasteiger partial charge is 0.221 e. The van der Waals surface area contributed by atoms with Crippen LogP contribution in [0.4, 0.5) is 0 Å². The Morgan fingerprint density at radius 1 is 1.39 bits per heavy atom. The molecule has 0 saturated carbocycles. The lowest BCUT2D eigenvalue weighted by Gasteiger charge is -2.39. The summed E-state index contributed by atoms with van der Waals surface area (Å²) < 4.78 is 5.70. The highest BCUT2D eigenvalue weighted by Crippen LogP contribution is 2.15. The fourth-order valence-corrected chi connectivity index (χ4v) is 2.47. The van der Waals surface area contributed by atoms with Crippen molar-refractivity contribution in [1.82, 2.24) is 10.2 Å². The van der Waals surface area contributed by atoms with Crippen molar-refractivity contribution >= 4 is 5.91 Å². The topological polar surface area (TPSA) is 67.6 Å². The van der Waals surface area contributed by atoms with Crippen molar-refractivity contribution in [3.8, 4) is 0 Å². The van der Waals surface area contributed by atoms with E-state index < -0.39 is 0 Å². The van der Waals surface area contributed by atoms with Gasteiger partial charge < -0.3 is 15.8 Å². The van der Waals surface area contributed by atoms with Gasteiger partial charge in [0.05, 0.1) is 12.2 Å². The lowest BCUT2D eigenvalue weighted by atomic mass is 10.1. The van der Waals surface area contributed by atoms with Gasteiger partial charge in [0.15, 0.2) is 0 Å². The number of morpholine rings is 1. The largest absolute Gasteiger partial charge is 0.373 e. The highest BCUT2D eigenvalue weighted by atomic mass is 16.5. The van der Waals surface area contributed by atoms with E-state index in [1.807, 2.05) is 13.8 Å². The molecule has 1 saturated heterocycles. The monoisotopic (exact) mass is 257 g/mol. The summed E-state index contributed by atoms with van der Waals surface area (Å²) in [5.41, 5.74) is 5.81. The van der Waals surface area contributed by atoms with E-state index in [4.69, 9.17) is 10.5 Å². The summed E-state index contributed by atoms with van der Waals surface area (Å²) in [5.74, 6) is 0.0762. The predicted octanol–water partition coefficient (Wildman–Crippen LogP) is 0.338. The van der Waals surface area contributed by atoms with Crippen LogP contribution in [0, 0.1) is 0 Å². The Bertz CT molecular complexity index is 261. The molecule has 106 valence electrons. The molecule has 3 N–H and O–H groups in total. The summed E-state index contributed by atoms with van der Waals surface area (Å²) in [4.78, 5) is 14.1. The zero-order chi connectivity index (χ0) is 13.7. The molecule has 18 heavy (non-hydrogen) atoms. The molecule has 1 heterocycles. The molecule has 0 aromatic heterocycles. The number of rotatable bonds is 5. The molecule has 0 bridgehead atoms. The van der Waals surface area contributed by atoms with Gasteiger partial charge in [0, 0.05) is 38.1 Å². The van der Waals surface area contributed by atoms with E-state index in [0.717, 1.165) is 13.1 Å². The number of nitrogens with two attached hydrogens (primary N) is 1. The van der Waals surface area contributed by atoms with Gasteiger partial charge in [-0.25, -0.2) is 0 Å². The van der Waals surface area contributed by atoms with Crippen LogP contribution in [-0.2, 0) is 9.53 Å². The van der Waals surface area contributed by atoms with Crippen LogP contribution in [0.2, 0.25) is 0 Å². The van der Waals surface area contributed by atoms with E-state index in [-0.39, 0.29) is 30.2 Å². The second kappa shape index (κ2) is 7.07. The predicted molar refractivity (Wildman–Crippen MR) is 72.3 cm³/mol. The molecule has 1 unspecified atom stereocenters. The number of carbonyl (C=O) groups excluding carboxylic acids is 1. The van der Waals surface area contributed by atoms with Crippen LogP contribution in [-0.4, -0.2) is 54.7 Å². The van der Waals surface area contributed by atoms with E-state index in [2.05, 4.69) is 24.1 Å². The normalized spacial score (nSPS) is 27.2. The van der Waals surface area contributed by atoms with Gasteiger partial charge in [0.2, 0.25) is 5.91 Å². The van der Waals surface area contributed by atoms with Gasteiger partial charge in [-0.1, -0.05) is 0 Å². The van der Waals surface area contributed by atoms with Gasteiger partial charge in [-0.2, -0.15) is 0 Å². The molecule has 1 aliphatic rings. The van der Waals surface area contributed by atoms with E-state index in [9.17, 15) is 4.79 Å². The summed E-state index contributed by atoms with van der Waals surface area (Å²) >= 11 is 0. The molecule has 1 fully saturated rings. The number of carbonyl (C=O) groups is 1. The Labute approximate surface area is 110 Å². The van der Waals surface area contributed by atoms with Crippen molar-refractivity contribution in [1.29, 1.82) is 0 Å². The Morgan fingerprint density at radius 2 is 1.94 bits per heavy atom. The summed E-state index contributed by atoms with van der Waals surface area (Å²) in [6.07, 6.45) is 0.876. The average Bonchev–Trinajstić information content (AvgIpc) is 2.23. The van der Waals surface area contributed by atoms with E-state index in [1.54, 1.807) is 0 Å². The first kappa shape index (κ1) is 15.4. The van der Waals surface area contributed by atoms with Crippen molar-refractivity contribution in [3.05, 3.63) is 0 Å². The third-order valence-corrected chi connectivity index (χ3v) is 3.11. The van der Waals surface area contributed by atoms with Crippen LogP contribution in [0.3, 0.4) is 0 Å². The minimum atomic E-state index is 0.0762. The summed E-state index contributed by atoms with van der Waals surface area (Å²) in [7, 11) is 0. The van der Waals surface area contributed by atoms with Crippen molar-refractivity contribution in [3.63, 3.8) is 0 Å². The van der Waals surface area contributed by atoms with E-state index in [0.29, 0.717) is 13.0 Å². The number of hydrogen-bond donors (Lipinski definition) is 2. The Morgan fingerprint density at radius 3 is 2.39 bits per heavy atom. The fraction of sp³-hybridized carbons (Fsp3) is 0.923. The lowest BCUT2D eigenvalue weighted by molar-refractivity contribution is -0.124. The third-order valence-electron chi connectivity index (χ3n) is 3.11. The van der Waals surface area contributed by atoms with E-state index in [1.165, 1.54) is 0 Å². The summed E-state index contributed by atoms with van der Waals surface area (Å²) in [5, 5.41) is 2.92. The standard InChI is InChI=1S/C13H27N3O2/c1-9(2)15-13(17)5-12(6-14)16-7-10(3)18-11(4)8-16/h9-12H,5-8,14H2,1-4H3,(H,15,17)/t10-,11+,12?. The molecule has 0 aromatic carbocycles. The van der Waals surface area contributed by atoms with Crippen LogP contribution in [0.1, 0.15) is 34.1 Å². The van der Waals surface area contributed by atoms with Crippen molar-refractivity contribution in [2.75, 3.05) is 19.6 Å². The molecule has 1 rings (SSSR count). The Balaban J connectivity index is 2.51. The number of nitrogens with zero attached hydrogens (tertiary/aromatic N) is 1. The maximum atomic E-state index is 11.8. The second-order valence-corrected chi connectivity index (χ2v) is 5.53. The Kier molecular flexibility index (Phi) is 6.05. The van der Waals surface area contributed by atoms with Gasteiger partial charge in [-0.3, -0.25) is 9.69 Å². The highest BCUT2D eigenvalue weighted by Gasteiger charge is 2.28. The van der Waals surface area contributed by atoms with Crippen LogP contribution in [0.15, 0.2) is 0 Å². The van der Waals surface area contributed by atoms with Crippen LogP contribution in [0.25, 0.3) is 0 Å². The van der Waals surface area contributed by atoms with Crippen LogP contribution < -0.4 is 11.1 Å². The van der Waals surface area contributed by atoms with Gasteiger partial charge in [0.1, 0.15) is 0 Å². The first-order valence-corrected chi connectivity index (χ1v) is 6.81. The molecule has 1 aliphatic heterocycles. The highest BCUT2D eigenvalue weighted by molar-refractivity contribution is 5.76. The number of nitrogens with one attached hydrogen (secondary N) is 1. The molecule has 0 spiro atoms. The quantitative estimate of drug-likeness (QED) is 0.745. The third kappa shape index (κ3) is 4.92. The minimum Gasteiger partial charge on any atom is -0.373 e. The molecule has 1 amide bonds. The molecular weight excluding hydrogens is 230 g/mol. The Hall–Kier alpha value is -0.650. The van der Waals surface area contributed by atoms with Crippen LogP contribution in [0.5, 0.6) is 0 Å². The minimum absolute atomic E-state index is 0.0762. The molecular formula is C13H27N3O2. The van der Waals surface area contributed by atoms with Crippen molar-refractivity contribution < 1.29 is 9.53 Å². The molecule has 0 radical (unpaired) electrons. The van der Waals surface area contributed by atoms with Crippen molar-refractivity contribution in [2.45, 2.75) is 58.4 Å².